The minimum absolute atomic E-state index is 0.0315. The van der Waals surface area contributed by atoms with Crippen molar-refractivity contribution in [2.24, 2.45) is 5.92 Å². The molecule has 2 fully saturated rings. The van der Waals surface area contributed by atoms with Crippen LogP contribution in [0.5, 0.6) is 5.75 Å². The first-order valence-corrected chi connectivity index (χ1v) is 9.92. The highest BCUT2D eigenvalue weighted by molar-refractivity contribution is 5.90. The van der Waals surface area contributed by atoms with Crippen molar-refractivity contribution in [2.45, 2.75) is 38.9 Å². The smallest absolute Gasteiger partial charge is 0.321 e. The van der Waals surface area contributed by atoms with Crippen LogP contribution in [0.25, 0.3) is 0 Å². The minimum atomic E-state index is -0.385. The Morgan fingerprint density at radius 2 is 1.75 bits per heavy atom. The van der Waals surface area contributed by atoms with Crippen LogP contribution in [0.2, 0.25) is 0 Å². The number of carbonyl (C=O) groups is 2. The van der Waals surface area contributed by atoms with Crippen LogP contribution in [0.1, 0.15) is 25.8 Å². The fourth-order valence-electron chi connectivity index (χ4n) is 4.09. The quantitative estimate of drug-likeness (QED) is 0.684. The maximum atomic E-state index is 13.2. The average molecular weight is 389 g/mol. The Bertz CT molecular complexity index is 691. The van der Waals surface area contributed by atoms with Gasteiger partial charge >= 0.3 is 6.03 Å². The van der Waals surface area contributed by atoms with Gasteiger partial charge in [0.05, 0.1) is 19.8 Å². The van der Waals surface area contributed by atoms with Crippen molar-refractivity contribution in [1.29, 1.82) is 0 Å². The summed E-state index contributed by atoms with van der Waals surface area (Å²) in [6.07, 6.45) is 0.681. The molecular weight excluding hydrogens is 358 g/mol. The van der Waals surface area contributed by atoms with E-state index in [1.165, 1.54) is 0 Å². The van der Waals surface area contributed by atoms with Crippen LogP contribution in [0.3, 0.4) is 0 Å². The molecule has 28 heavy (non-hydrogen) atoms. The lowest BCUT2D eigenvalue weighted by atomic mass is 9.97. The Hall–Kier alpha value is -2.28. The number of rotatable bonds is 8. The molecule has 7 nitrogen and oxygen atoms in total. The van der Waals surface area contributed by atoms with Crippen molar-refractivity contribution in [3.8, 4) is 5.75 Å². The molecule has 3 rings (SSSR count). The third-order valence-corrected chi connectivity index (χ3v) is 5.47. The van der Waals surface area contributed by atoms with Gasteiger partial charge in [-0.15, -0.1) is 0 Å². The molecule has 0 aliphatic carbocycles. The third kappa shape index (κ3) is 4.24. The number of fused-ring (bicyclic) bond motifs is 1. The lowest BCUT2D eigenvalue weighted by Gasteiger charge is -2.42. The van der Waals surface area contributed by atoms with Gasteiger partial charge in [-0.1, -0.05) is 26.0 Å². The van der Waals surface area contributed by atoms with Crippen LogP contribution in [-0.4, -0.2) is 79.2 Å². The van der Waals surface area contributed by atoms with E-state index >= 15 is 0 Å². The summed E-state index contributed by atoms with van der Waals surface area (Å²) in [6, 6.07) is 7.37. The molecule has 0 bridgehead atoms. The number of hydrogen-bond donors (Lipinski definition) is 0. The third-order valence-electron chi connectivity index (χ3n) is 5.47. The van der Waals surface area contributed by atoms with E-state index in [9.17, 15) is 9.59 Å². The molecule has 2 saturated heterocycles. The first kappa shape index (κ1) is 20.5. The van der Waals surface area contributed by atoms with E-state index in [-0.39, 0.29) is 24.0 Å². The summed E-state index contributed by atoms with van der Waals surface area (Å²) in [5.74, 6) is 1.17. The van der Waals surface area contributed by atoms with E-state index in [4.69, 9.17) is 9.47 Å². The van der Waals surface area contributed by atoms with Crippen LogP contribution < -0.4 is 4.74 Å². The number of methoxy groups -OCH3 is 2. The van der Waals surface area contributed by atoms with E-state index in [2.05, 4.69) is 13.8 Å². The number of ether oxygens (including phenoxy) is 2. The number of amides is 3. The van der Waals surface area contributed by atoms with Gasteiger partial charge in [-0.25, -0.2) is 4.79 Å². The maximum absolute atomic E-state index is 13.2. The van der Waals surface area contributed by atoms with E-state index in [1.54, 1.807) is 14.2 Å². The standard InChI is InChI=1S/C21H31N3O4/c1-15(2)11-19-20(25)22(9-10-27-3)13-17-14-23(21(26)24(17)19)12-16-5-7-18(28-4)8-6-16/h5-8,15,17,19H,9-14H2,1-4H3/t17-,19-/m0/s1. The van der Waals surface area contributed by atoms with Crippen LogP contribution in [-0.2, 0) is 16.1 Å². The zero-order valence-electron chi connectivity index (χ0n) is 17.3. The molecule has 0 aromatic heterocycles. The summed E-state index contributed by atoms with van der Waals surface area (Å²) >= 11 is 0. The zero-order chi connectivity index (χ0) is 20.3. The maximum Gasteiger partial charge on any atom is 0.321 e. The second kappa shape index (κ2) is 8.82. The second-order valence-corrected chi connectivity index (χ2v) is 7.99. The predicted octanol–water partition coefficient (Wildman–Crippen LogP) is 2.20. The number of carbonyl (C=O) groups excluding carboxylic acids is 2. The van der Waals surface area contributed by atoms with Crippen LogP contribution >= 0.6 is 0 Å². The molecule has 2 aliphatic rings. The molecule has 0 N–H and O–H groups in total. The Kier molecular flexibility index (Phi) is 6.44. The van der Waals surface area contributed by atoms with Gasteiger partial charge in [-0.05, 0) is 30.0 Å². The van der Waals surface area contributed by atoms with Crippen LogP contribution in [0.15, 0.2) is 24.3 Å². The second-order valence-electron chi connectivity index (χ2n) is 7.99. The highest BCUT2D eigenvalue weighted by Crippen LogP contribution is 2.30. The van der Waals surface area contributed by atoms with Gasteiger partial charge < -0.3 is 24.2 Å². The number of piperazine rings is 1. The molecule has 0 saturated carbocycles. The molecule has 7 heteroatoms. The summed E-state index contributed by atoms with van der Waals surface area (Å²) in [7, 11) is 3.28. The number of urea groups is 1. The van der Waals surface area contributed by atoms with Gasteiger partial charge in [-0.3, -0.25) is 4.79 Å². The Morgan fingerprint density at radius 1 is 1.07 bits per heavy atom. The zero-order valence-corrected chi connectivity index (χ0v) is 17.3. The van der Waals surface area contributed by atoms with Crippen LogP contribution in [0, 0.1) is 5.92 Å². The Balaban J connectivity index is 1.76. The minimum Gasteiger partial charge on any atom is -0.497 e. The molecule has 2 heterocycles. The van der Waals surface area contributed by atoms with Crippen molar-refractivity contribution >= 4 is 11.9 Å². The molecule has 0 radical (unpaired) electrons. The lowest BCUT2D eigenvalue weighted by Crippen LogP contribution is -2.61. The Morgan fingerprint density at radius 3 is 2.36 bits per heavy atom. The SMILES string of the molecule is COCCN1C[C@H]2CN(Cc3ccc(OC)cc3)C(=O)N2[C@@H](CC(C)C)C1=O. The van der Waals surface area contributed by atoms with Gasteiger partial charge in [-0.2, -0.15) is 0 Å². The highest BCUT2D eigenvalue weighted by atomic mass is 16.5. The molecule has 2 aliphatic heterocycles. The largest absolute Gasteiger partial charge is 0.497 e. The van der Waals surface area contributed by atoms with E-state index in [0.717, 1.165) is 11.3 Å². The summed E-state index contributed by atoms with van der Waals surface area (Å²) in [6.45, 7) is 7.00. The van der Waals surface area contributed by atoms with Gasteiger partial charge in [0, 0.05) is 33.3 Å². The predicted molar refractivity (Wildman–Crippen MR) is 106 cm³/mol. The molecule has 0 unspecified atom stereocenters. The van der Waals surface area contributed by atoms with Gasteiger partial charge in [0.1, 0.15) is 11.8 Å². The fourth-order valence-corrected chi connectivity index (χ4v) is 4.09. The number of benzene rings is 1. The molecular formula is C21H31N3O4. The number of hydrogen-bond acceptors (Lipinski definition) is 4. The van der Waals surface area contributed by atoms with Gasteiger partial charge in [0.2, 0.25) is 5.91 Å². The van der Waals surface area contributed by atoms with Crippen molar-refractivity contribution in [3.63, 3.8) is 0 Å². The lowest BCUT2D eigenvalue weighted by molar-refractivity contribution is -0.143. The van der Waals surface area contributed by atoms with E-state index < -0.39 is 0 Å². The summed E-state index contributed by atoms with van der Waals surface area (Å²) in [4.78, 5) is 31.7. The van der Waals surface area contributed by atoms with Crippen molar-refractivity contribution < 1.29 is 19.1 Å². The van der Waals surface area contributed by atoms with Crippen molar-refractivity contribution in [3.05, 3.63) is 29.8 Å². The molecule has 1 aromatic rings. The highest BCUT2D eigenvalue weighted by Gasteiger charge is 2.49. The topological polar surface area (TPSA) is 62.3 Å². The summed E-state index contributed by atoms with van der Waals surface area (Å²) < 4.78 is 10.4. The monoisotopic (exact) mass is 389 g/mol. The van der Waals surface area contributed by atoms with E-state index in [1.807, 2.05) is 39.0 Å². The average Bonchev–Trinajstić information content (AvgIpc) is 2.98. The fraction of sp³-hybridized carbons (Fsp3) is 0.619. The molecule has 0 spiro atoms. The van der Waals surface area contributed by atoms with Gasteiger partial charge in [0.25, 0.3) is 0 Å². The summed E-state index contributed by atoms with van der Waals surface area (Å²) in [5.41, 5.74) is 1.05. The first-order valence-electron chi connectivity index (χ1n) is 9.92. The van der Waals surface area contributed by atoms with Gasteiger partial charge in [0.15, 0.2) is 0 Å². The summed E-state index contributed by atoms with van der Waals surface area (Å²) in [5, 5.41) is 0. The van der Waals surface area contributed by atoms with Crippen molar-refractivity contribution in [1.82, 2.24) is 14.7 Å². The first-order chi connectivity index (χ1) is 13.4. The Labute approximate surface area is 167 Å². The van der Waals surface area contributed by atoms with Crippen molar-refractivity contribution in [2.75, 3.05) is 40.5 Å². The molecule has 3 amide bonds. The molecule has 1 aromatic carbocycles. The van der Waals surface area contributed by atoms with E-state index in [0.29, 0.717) is 45.1 Å². The molecule has 2 atom stereocenters. The number of nitrogens with zero attached hydrogens (tertiary/aromatic N) is 3. The normalized spacial score (nSPS) is 22.2. The van der Waals surface area contributed by atoms with Crippen LogP contribution in [0.4, 0.5) is 4.79 Å². The molecule has 154 valence electrons.